The number of unbranched alkanes of at least 4 members (excludes halogenated alkanes) is 2. The number of H-pyrrole nitrogens is 1. The van der Waals surface area contributed by atoms with Crippen molar-refractivity contribution in [2.75, 3.05) is 18.5 Å². The molecule has 0 fully saturated rings. The summed E-state index contributed by atoms with van der Waals surface area (Å²) in [7, 11) is 0. The molecule has 7 atom stereocenters. The van der Waals surface area contributed by atoms with Crippen LogP contribution in [0.4, 0.5) is 5.82 Å². The van der Waals surface area contributed by atoms with E-state index in [2.05, 4.69) is 57.0 Å². The minimum atomic E-state index is -0.992. The Labute approximate surface area is 306 Å². The highest BCUT2D eigenvalue weighted by Crippen LogP contribution is 2.52. The van der Waals surface area contributed by atoms with Gasteiger partial charge in [0.05, 0.1) is 12.1 Å². The number of aromatic nitrogens is 1. The van der Waals surface area contributed by atoms with Crippen molar-refractivity contribution < 1.29 is 24.6 Å². The summed E-state index contributed by atoms with van der Waals surface area (Å²) < 4.78 is 0. The van der Waals surface area contributed by atoms with Gasteiger partial charge in [0.2, 0.25) is 0 Å². The summed E-state index contributed by atoms with van der Waals surface area (Å²) in [5.74, 6) is 1.19. The molecule has 0 amide bonds. The maximum atomic E-state index is 12.4. The number of rotatable bonds is 19. The third kappa shape index (κ3) is 9.02. The summed E-state index contributed by atoms with van der Waals surface area (Å²) in [4.78, 5) is 42.9. The number of carbonyl (C=O) groups is 3. The minimum Gasteiger partial charge on any atom is -0.478 e. The Bertz CT molecular complexity index is 1780. The van der Waals surface area contributed by atoms with Gasteiger partial charge >= 0.3 is 5.97 Å². The van der Waals surface area contributed by atoms with Gasteiger partial charge in [-0.25, -0.2) is 4.79 Å². The molecule has 10 heteroatoms. The van der Waals surface area contributed by atoms with Crippen LogP contribution >= 0.6 is 0 Å². The van der Waals surface area contributed by atoms with Gasteiger partial charge in [0.15, 0.2) is 5.96 Å². The monoisotopic (exact) mass is 707 g/mol. The Kier molecular flexibility index (Phi) is 12.6. The number of anilines is 1. The first-order valence-electron chi connectivity index (χ1n) is 19.0. The molecule has 0 radical (unpaired) electrons. The molecule has 0 saturated heterocycles. The molecular weight excluding hydrogens is 654 g/mol. The molecule has 6 rings (SSSR count). The van der Waals surface area contributed by atoms with Gasteiger partial charge in [-0.15, -0.1) is 0 Å². The lowest BCUT2D eigenvalue weighted by Gasteiger charge is -2.47. The van der Waals surface area contributed by atoms with Crippen LogP contribution in [-0.2, 0) is 27.2 Å². The van der Waals surface area contributed by atoms with Crippen LogP contribution in [0.2, 0.25) is 0 Å². The van der Waals surface area contributed by atoms with Gasteiger partial charge < -0.3 is 41.2 Å². The number of aliphatic carboxylic acids is 1. The number of carbonyl (C=O) groups excluding carboxylic acids is 2. The SMILES string of the molecule is NC1=NCC[C@H](/C(=C\C(=O)O)[C@H](C[C@@H]2[C@@H]3c4cc5cc(CC=O)ccc5cc4C[C@H]2C=C[C@@H]3CCCCC[C@H](C=O)CCCO)Nc2ccc[nH]2)N1. The molecule has 0 unspecified atom stereocenters. The van der Waals surface area contributed by atoms with Crippen molar-refractivity contribution in [1.82, 2.24) is 10.3 Å². The van der Waals surface area contributed by atoms with Crippen molar-refractivity contribution in [2.24, 2.45) is 34.4 Å². The number of carboxylic acid groups (broad SMARTS) is 1. The number of hydrogen-bond donors (Lipinski definition) is 6. The van der Waals surface area contributed by atoms with E-state index < -0.39 is 5.97 Å². The molecule has 2 aromatic carbocycles. The fraction of sp³-hybridized carbons (Fsp3) is 0.476. The topological polar surface area (TPSA) is 170 Å². The van der Waals surface area contributed by atoms with Crippen molar-refractivity contribution in [1.29, 1.82) is 0 Å². The number of nitrogens with one attached hydrogen (secondary N) is 3. The molecule has 7 N–H and O–H groups in total. The van der Waals surface area contributed by atoms with Crippen molar-refractivity contribution in [2.45, 2.75) is 88.6 Å². The second kappa shape index (κ2) is 17.7. The summed E-state index contributed by atoms with van der Waals surface area (Å²) in [5, 5.41) is 28.6. The molecule has 1 aliphatic heterocycles. The predicted molar refractivity (Wildman–Crippen MR) is 205 cm³/mol. The third-order valence-corrected chi connectivity index (χ3v) is 11.5. The third-order valence-electron chi connectivity index (χ3n) is 11.5. The zero-order valence-electron chi connectivity index (χ0n) is 29.9. The van der Waals surface area contributed by atoms with Gasteiger partial charge in [-0.1, -0.05) is 61.7 Å². The molecule has 2 aliphatic carbocycles. The quantitative estimate of drug-likeness (QED) is 0.0378. The number of hydrogen-bond acceptors (Lipinski definition) is 8. The van der Waals surface area contributed by atoms with E-state index in [1.54, 1.807) is 0 Å². The maximum absolute atomic E-state index is 12.4. The molecule has 10 nitrogen and oxygen atoms in total. The molecule has 1 aromatic heterocycles. The largest absolute Gasteiger partial charge is 0.478 e. The molecular formula is C42H53N5O5. The van der Waals surface area contributed by atoms with Crippen LogP contribution in [0.15, 0.2) is 77.5 Å². The number of allylic oxidation sites excluding steroid dienone is 2. The number of aliphatic hydroxyl groups excluding tert-OH is 1. The van der Waals surface area contributed by atoms with Gasteiger partial charge in [0.1, 0.15) is 18.4 Å². The molecule has 52 heavy (non-hydrogen) atoms. The molecule has 3 aromatic rings. The summed E-state index contributed by atoms with van der Waals surface area (Å²) in [6.45, 7) is 0.641. The first kappa shape index (κ1) is 37.1. The maximum Gasteiger partial charge on any atom is 0.328 e. The second-order valence-corrected chi connectivity index (χ2v) is 14.9. The number of benzene rings is 2. The smallest absolute Gasteiger partial charge is 0.328 e. The van der Waals surface area contributed by atoms with E-state index in [-0.39, 0.29) is 42.4 Å². The van der Waals surface area contributed by atoms with Crippen LogP contribution in [0.1, 0.15) is 80.4 Å². The minimum absolute atomic E-state index is 0.00640. The number of aliphatic hydroxyl groups is 1. The Morgan fingerprint density at radius 3 is 2.67 bits per heavy atom. The first-order valence-corrected chi connectivity index (χ1v) is 19.0. The normalized spacial score (nSPS) is 23.6. The number of guanidine groups is 1. The van der Waals surface area contributed by atoms with Crippen molar-refractivity contribution in [3.05, 3.63) is 89.2 Å². The van der Waals surface area contributed by atoms with Crippen molar-refractivity contribution in [3.8, 4) is 0 Å². The Balaban J connectivity index is 1.33. The van der Waals surface area contributed by atoms with E-state index in [1.807, 2.05) is 24.4 Å². The first-order chi connectivity index (χ1) is 25.4. The number of aldehydes is 2. The number of nitrogens with two attached hydrogens (primary N) is 1. The fourth-order valence-corrected chi connectivity index (χ4v) is 8.99. The Morgan fingerprint density at radius 1 is 1.06 bits per heavy atom. The Hall–Kier alpha value is -4.70. The number of carboxylic acids is 1. The number of nitrogens with zero attached hydrogens (tertiary/aromatic N) is 1. The van der Waals surface area contributed by atoms with Gasteiger partial charge in [-0.3, -0.25) is 4.99 Å². The lowest BCUT2D eigenvalue weighted by Crippen LogP contribution is -2.49. The highest BCUT2D eigenvalue weighted by molar-refractivity contribution is 5.86. The van der Waals surface area contributed by atoms with Gasteiger partial charge in [0, 0.05) is 37.8 Å². The number of aliphatic imine (C=N–C) groups is 1. The zero-order valence-corrected chi connectivity index (χ0v) is 29.9. The van der Waals surface area contributed by atoms with Gasteiger partial charge in [-0.05, 0) is 114 Å². The number of fused-ring (bicyclic) bond motifs is 5. The molecule has 3 aliphatic rings. The van der Waals surface area contributed by atoms with E-state index in [0.29, 0.717) is 37.7 Å². The van der Waals surface area contributed by atoms with Crippen LogP contribution in [-0.4, -0.2) is 64.9 Å². The zero-order chi connectivity index (χ0) is 36.5. The average molecular weight is 708 g/mol. The van der Waals surface area contributed by atoms with E-state index >= 15 is 0 Å². The highest BCUT2D eigenvalue weighted by Gasteiger charge is 2.43. The van der Waals surface area contributed by atoms with Crippen molar-refractivity contribution in [3.63, 3.8) is 0 Å². The van der Waals surface area contributed by atoms with Crippen LogP contribution < -0.4 is 16.4 Å². The van der Waals surface area contributed by atoms with Crippen LogP contribution in [0.3, 0.4) is 0 Å². The van der Waals surface area contributed by atoms with Crippen LogP contribution in [0.25, 0.3) is 10.8 Å². The molecule has 2 heterocycles. The average Bonchev–Trinajstić information content (AvgIpc) is 3.65. The summed E-state index contributed by atoms with van der Waals surface area (Å²) in [6.07, 6.45) is 19.0. The molecule has 0 spiro atoms. The van der Waals surface area contributed by atoms with E-state index in [0.717, 1.165) is 86.3 Å². The predicted octanol–water partition coefficient (Wildman–Crippen LogP) is 6.06. The fourth-order valence-electron chi connectivity index (χ4n) is 8.99. The van der Waals surface area contributed by atoms with E-state index in [1.165, 1.54) is 22.6 Å². The summed E-state index contributed by atoms with van der Waals surface area (Å²) in [6, 6.07) is 14.4. The van der Waals surface area contributed by atoms with Gasteiger partial charge in [-0.2, -0.15) is 0 Å². The molecule has 0 saturated carbocycles. The lowest BCUT2D eigenvalue weighted by molar-refractivity contribution is -0.131. The second-order valence-electron chi connectivity index (χ2n) is 14.9. The molecule has 276 valence electrons. The van der Waals surface area contributed by atoms with Crippen LogP contribution in [0.5, 0.6) is 0 Å². The standard InChI is InChI=1S/C42H53N5O5/c43-42-45-17-14-37(47-42)36(25-40(51)52)38(46-39-9-4-16-44-39)24-35-31-13-12-29(8-3-1-2-6-28(26-50)7-5-18-48)41(35)34-23-32-20-27(15-19-49)10-11-30(32)21-33(34)22-31/h4,9-13,16,19-21,23,25-26,28-29,31,35,37-38,41,44,46,48H,1-3,5-8,14-15,17-18,22,24H2,(H,51,52)(H3,43,45,47)/b36-25+/t28-,29-,31+,35-,37+,38-,41-/m0/s1. The Morgan fingerprint density at radius 2 is 1.92 bits per heavy atom. The molecule has 2 bridgehead atoms. The van der Waals surface area contributed by atoms with Crippen molar-refractivity contribution >= 4 is 41.1 Å². The summed E-state index contributed by atoms with van der Waals surface area (Å²) >= 11 is 0. The summed E-state index contributed by atoms with van der Waals surface area (Å²) in [5.41, 5.74) is 10.6. The van der Waals surface area contributed by atoms with E-state index in [4.69, 9.17) is 5.73 Å². The van der Waals surface area contributed by atoms with Gasteiger partial charge in [0.25, 0.3) is 0 Å². The van der Waals surface area contributed by atoms with E-state index in [9.17, 15) is 24.6 Å². The van der Waals surface area contributed by atoms with Crippen LogP contribution in [0, 0.1) is 23.7 Å². The lowest BCUT2D eigenvalue weighted by atomic mass is 9.58. The number of aromatic amines is 1. The highest BCUT2D eigenvalue weighted by atomic mass is 16.4.